The number of nitrogens with zero attached hydrogens (tertiary/aromatic N) is 3. The van der Waals surface area contributed by atoms with Gasteiger partial charge in [0.05, 0.1) is 41.1 Å². The van der Waals surface area contributed by atoms with E-state index in [-0.39, 0.29) is 6.04 Å². The molecule has 1 unspecified atom stereocenters. The van der Waals surface area contributed by atoms with Crippen LogP contribution in [0, 0.1) is 0 Å². The van der Waals surface area contributed by atoms with Crippen LogP contribution >= 0.6 is 27.3 Å². The summed E-state index contributed by atoms with van der Waals surface area (Å²) in [5, 5.41) is 7.67. The van der Waals surface area contributed by atoms with E-state index in [4.69, 9.17) is 4.74 Å². The molecule has 2 aromatic rings. The van der Waals surface area contributed by atoms with E-state index in [1.54, 1.807) is 18.4 Å². The van der Waals surface area contributed by atoms with Gasteiger partial charge < -0.3 is 10.1 Å². The molecule has 2 aromatic heterocycles. The lowest BCUT2D eigenvalue weighted by Gasteiger charge is -2.17. The summed E-state index contributed by atoms with van der Waals surface area (Å²) in [5.74, 6) is 0. The maximum atomic E-state index is 5.11. The summed E-state index contributed by atoms with van der Waals surface area (Å²) in [6.45, 7) is 1.37. The van der Waals surface area contributed by atoms with Crippen molar-refractivity contribution < 1.29 is 4.74 Å². The second-order valence-electron chi connectivity index (χ2n) is 3.72. The Morgan fingerprint density at radius 2 is 2.39 bits per heavy atom. The van der Waals surface area contributed by atoms with Crippen molar-refractivity contribution in [1.82, 2.24) is 20.1 Å². The Kier molecular flexibility index (Phi) is 4.87. The van der Waals surface area contributed by atoms with Gasteiger partial charge in [-0.2, -0.15) is 5.10 Å². The first-order chi connectivity index (χ1) is 8.77. The van der Waals surface area contributed by atoms with E-state index < -0.39 is 0 Å². The van der Waals surface area contributed by atoms with Crippen molar-refractivity contribution in [3.05, 3.63) is 32.9 Å². The molecular weight excluding hydrogens is 316 g/mol. The molecule has 1 N–H and O–H groups in total. The van der Waals surface area contributed by atoms with Gasteiger partial charge >= 0.3 is 0 Å². The number of nitrogens with one attached hydrogen (secondary N) is 1. The third-order valence-corrected chi connectivity index (χ3v) is 4.09. The van der Waals surface area contributed by atoms with Crippen LogP contribution in [0.2, 0.25) is 0 Å². The van der Waals surface area contributed by atoms with Gasteiger partial charge in [0.25, 0.3) is 0 Å². The number of ether oxygens (including phenoxy) is 1. The van der Waals surface area contributed by atoms with E-state index in [9.17, 15) is 0 Å². The van der Waals surface area contributed by atoms with Crippen molar-refractivity contribution in [3.63, 3.8) is 0 Å². The summed E-state index contributed by atoms with van der Waals surface area (Å²) in [5.41, 5.74) is 2.93. The predicted molar refractivity (Wildman–Crippen MR) is 74.8 cm³/mol. The topological polar surface area (TPSA) is 52.0 Å². The molecule has 0 saturated carbocycles. The highest BCUT2D eigenvalue weighted by molar-refractivity contribution is 9.10. The van der Waals surface area contributed by atoms with Gasteiger partial charge in [0.2, 0.25) is 0 Å². The second kappa shape index (κ2) is 6.42. The maximum absolute atomic E-state index is 5.11. The Labute approximate surface area is 118 Å². The highest BCUT2D eigenvalue weighted by Crippen LogP contribution is 2.30. The largest absolute Gasteiger partial charge is 0.383 e. The average molecular weight is 331 g/mol. The monoisotopic (exact) mass is 330 g/mol. The third kappa shape index (κ3) is 2.80. The summed E-state index contributed by atoms with van der Waals surface area (Å²) in [6.07, 6.45) is 3.70. The molecule has 7 heteroatoms. The lowest BCUT2D eigenvalue weighted by atomic mass is 10.2. The quantitative estimate of drug-likeness (QED) is 0.880. The van der Waals surface area contributed by atoms with E-state index in [1.165, 1.54) is 0 Å². The average Bonchev–Trinajstić information content (AvgIpc) is 3.00. The molecule has 18 heavy (non-hydrogen) atoms. The molecule has 0 aliphatic carbocycles. The number of hydrogen-bond acceptors (Lipinski definition) is 5. The van der Waals surface area contributed by atoms with Crippen molar-refractivity contribution in [3.8, 4) is 0 Å². The van der Waals surface area contributed by atoms with Crippen LogP contribution in [0.4, 0.5) is 0 Å². The van der Waals surface area contributed by atoms with Gasteiger partial charge in [0.15, 0.2) is 0 Å². The lowest BCUT2D eigenvalue weighted by molar-refractivity contribution is 0.182. The van der Waals surface area contributed by atoms with E-state index in [0.717, 1.165) is 21.6 Å². The standard InChI is InChI=1S/C11H15BrN4OS/c1-13-10(9-6-14-7-18-9)11-8(12)5-15-16(11)3-4-17-2/h5-7,10,13H,3-4H2,1-2H3. The molecule has 0 spiro atoms. The third-order valence-electron chi connectivity index (χ3n) is 2.64. The molecule has 0 aromatic carbocycles. The minimum absolute atomic E-state index is 0.0891. The molecule has 2 rings (SSSR count). The number of aromatic nitrogens is 3. The Morgan fingerprint density at radius 3 is 3.00 bits per heavy atom. The zero-order chi connectivity index (χ0) is 13.0. The molecule has 0 amide bonds. The van der Waals surface area contributed by atoms with Gasteiger partial charge in [-0.1, -0.05) is 0 Å². The highest BCUT2D eigenvalue weighted by Gasteiger charge is 2.21. The minimum Gasteiger partial charge on any atom is -0.383 e. The number of halogens is 1. The van der Waals surface area contributed by atoms with E-state index in [1.807, 2.05) is 29.6 Å². The Bertz CT molecular complexity index is 485. The first-order valence-corrected chi connectivity index (χ1v) is 7.21. The molecule has 0 radical (unpaired) electrons. The van der Waals surface area contributed by atoms with Gasteiger partial charge in [0, 0.05) is 18.2 Å². The zero-order valence-electron chi connectivity index (χ0n) is 10.3. The molecule has 5 nitrogen and oxygen atoms in total. The van der Waals surface area contributed by atoms with Crippen molar-refractivity contribution in [2.24, 2.45) is 0 Å². The Hall–Kier alpha value is -0.760. The number of rotatable bonds is 6. The van der Waals surface area contributed by atoms with Gasteiger partial charge in [-0.25, -0.2) is 0 Å². The van der Waals surface area contributed by atoms with Crippen LogP contribution in [0.1, 0.15) is 16.6 Å². The summed E-state index contributed by atoms with van der Waals surface area (Å²) in [6, 6.07) is 0.0891. The number of hydrogen-bond donors (Lipinski definition) is 1. The summed E-state index contributed by atoms with van der Waals surface area (Å²) >= 11 is 5.18. The first kappa shape index (κ1) is 13.7. The second-order valence-corrected chi connectivity index (χ2v) is 5.49. The molecule has 0 bridgehead atoms. The van der Waals surface area contributed by atoms with Gasteiger partial charge in [-0.3, -0.25) is 9.67 Å². The van der Waals surface area contributed by atoms with Crippen molar-refractivity contribution >= 4 is 27.3 Å². The molecule has 0 fully saturated rings. The normalized spacial score (nSPS) is 12.8. The van der Waals surface area contributed by atoms with E-state index in [0.29, 0.717) is 6.61 Å². The van der Waals surface area contributed by atoms with Crippen LogP contribution in [0.5, 0.6) is 0 Å². The predicted octanol–water partition coefficient (Wildman–Crippen LogP) is 2.06. The summed E-state index contributed by atoms with van der Waals surface area (Å²) in [4.78, 5) is 5.30. The van der Waals surface area contributed by atoms with Gasteiger partial charge in [0.1, 0.15) is 0 Å². The summed E-state index contributed by atoms with van der Waals surface area (Å²) in [7, 11) is 3.63. The maximum Gasteiger partial charge on any atom is 0.0867 e. The SMILES string of the molecule is CNC(c1cncs1)c1c(Br)cnn1CCOC. The van der Waals surface area contributed by atoms with Crippen LogP contribution in [0.15, 0.2) is 22.4 Å². The molecule has 0 saturated heterocycles. The highest BCUT2D eigenvalue weighted by atomic mass is 79.9. The smallest absolute Gasteiger partial charge is 0.0867 e. The van der Waals surface area contributed by atoms with Crippen molar-refractivity contribution in [2.45, 2.75) is 12.6 Å². The van der Waals surface area contributed by atoms with Crippen molar-refractivity contribution in [2.75, 3.05) is 20.8 Å². The van der Waals surface area contributed by atoms with Crippen LogP contribution in [0.3, 0.4) is 0 Å². The fourth-order valence-electron chi connectivity index (χ4n) is 1.80. The van der Waals surface area contributed by atoms with Crippen LogP contribution in [-0.4, -0.2) is 35.5 Å². The number of thiazole rings is 1. The first-order valence-electron chi connectivity index (χ1n) is 5.53. The van der Waals surface area contributed by atoms with Crippen LogP contribution in [0.25, 0.3) is 0 Å². The van der Waals surface area contributed by atoms with Gasteiger partial charge in [-0.05, 0) is 23.0 Å². The van der Waals surface area contributed by atoms with E-state index >= 15 is 0 Å². The lowest BCUT2D eigenvalue weighted by Crippen LogP contribution is -2.22. The Morgan fingerprint density at radius 1 is 1.56 bits per heavy atom. The van der Waals surface area contributed by atoms with E-state index in [2.05, 4.69) is 31.3 Å². The minimum atomic E-state index is 0.0891. The fraction of sp³-hybridized carbons (Fsp3) is 0.455. The van der Waals surface area contributed by atoms with Crippen LogP contribution in [-0.2, 0) is 11.3 Å². The van der Waals surface area contributed by atoms with Gasteiger partial charge in [-0.15, -0.1) is 11.3 Å². The summed E-state index contributed by atoms with van der Waals surface area (Å²) < 4.78 is 8.05. The molecule has 0 aliphatic rings. The van der Waals surface area contributed by atoms with Crippen molar-refractivity contribution in [1.29, 1.82) is 0 Å². The van der Waals surface area contributed by atoms with Crippen LogP contribution < -0.4 is 5.32 Å². The molecule has 1 atom stereocenters. The Balaban J connectivity index is 2.32. The molecular formula is C11H15BrN4OS. The molecule has 98 valence electrons. The molecule has 0 aliphatic heterocycles. The molecule has 2 heterocycles. The fourth-order valence-corrected chi connectivity index (χ4v) is 3.05. The zero-order valence-corrected chi connectivity index (χ0v) is 12.7. The number of methoxy groups -OCH3 is 1.